The van der Waals surface area contributed by atoms with Crippen molar-refractivity contribution in [3.63, 3.8) is 0 Å². The normalized spacial score (nSPS) is 20.8. The number of hydrogen-bond donors (Lipinski definition) is 0. The first kappa shape index (κ1) is 24.4. The summed E-state index contributed by atoms with van der Waals surface area (Å²) in [5.41, 5.74) is 1.47. The molecule has 0 spiro atoms. The zero-order chi connectivity index (χ0) is 24.5. The summed E-state index contributed by atoms with van der Waals surface area (Å²) < 4.78 is 34.4. The lowest BCUT2D eigenvalue weighted by Crippen LogP contribution is -2.36. The fourth-order valence-electron chi connectivity index (χ4n) is 5.03. The molecule has 0 bridgehead atoms. The van der Waals surface area contributed by atoms with E-state index in [0.717, 1.165) is 31.2 Å². The Morgan fingerprint density at radius 1 is 0.971 bits per heavy atom. The molecule has 1 heterocycles. The van der Waals surface area contributed by atoms with Gasteiger partial charge in [0, 0.05) is 12.6 Å². The number of sulfonamides is 1. The fraction of sp³-hybridized carbons (Fsp3) is 0.462. The predicted octanol–water partition coefficient (Wildman–Crippen LogP) is 3.97. The number of nitrogens with zero attached hydrogens (tertiary/aromatic N) is 2. The first-order valence-electron chi connectivity index (χ1n) is 11.8. The maximum atomic E-state index is 13.8. The van der Waals surface area contributed by atoms with Crippen molar-refractivity contribution in [2.45, 2.75) is 63.6 Å². The highest BCUT2D eigenvalue weighted by Crippen LogP contribution is 2.39. The molecule has 2 aliphatic rings. The molecule has 2 aromatic rings. The van der Waals surface area contributed by atoms with Crippen LogP contribution < -0.4 is 4.74 Å². The van der Waals surface area contributed by atoms with Crippen molar-refractivity contribution < 1.29 is 22.7 Å². The van der Waals surface area contributed by atoms with E-state index in [-0.39, 0.29) is 53.4 Å². The van der Waals surface area contributed by atoms with E-state index in [2.05, 4.69) is 0 Å². The van der Waals surface area contributed by atoms with Crippen LogP contribution in [0.4, 0.5) is 0 Å². The molecule has 4 rings (SSSR count). The number of carbonyl (C=O) groups excluding carboxylic acids is 2. The van der Waals surface area contributed by atoms with Crippen LogP contribution in [-0.2, 0) is 32.7 Å². The quantitative estimate of drug-likeness (QED) is 0.530. The van der Waals surface area contributed by atoms with Crippen LogP contribution >= 0.6 is 0 Å². The van der Waals surface area contributed by atoms with Gasteiger partial charge >= 0.3 is 0 Å². The number of ether oxygens (including phenoxy) is 1. The van der Waals surface area contributed by atoms with Crippen LogP contribution in [0, 0.1) is 11.8 Å². The molecule has 1 aliphatic carbocycles. The maximum absolute atomic E-state index is 13.8. The fourth-order valence-corrected chi connectivity index (χ4v) is 6.86. The van der Waals surface area contributed by atoms with Crippen LogP contribution in [0.1, 0.15) is 50.7 Å². The lowest BCUT2D eigenvalue weighted by atomic mass is 9.81. The molecule has 0 unspecified atom stereocenters. The van der Waals surface area contributed by atoms with Crippen molar-refractivity contribution in [1.82, 2.24) is 9.21 Å². The highest BCUT2D eigenvalue weighted by Gasteiger charge is 2.48. The monoisotopic (exact) mass is 484 g/mol. The zero-order valence-electron chi connectivity index (χ0n) is 19.9. The van der Waals surface area contributed by atoms with Crippen molar-refractivity contribution in [2.24, 2.45) is 11.8 Å². The first-order valence-corrected chi connectivity index (χ1v) is 13.3. The number of carbonyl (C=O) groups is 2. The largest absolute Gasteiger partial charge is 0.495 e. The van der Waals surface area contributed by atoms with E-state index in [1.54, 1.807) is 12.1 Å². The molecular formula is C26H32N2O5S. The third-order valence-corrected chi connectivity index (χ3v) is 8.89. The van der Waals surface area contributed by atoms with Gasteiger partial charge in [0.25, 0.3) is 0 Å². The Balaban J connectivity index is 1.65. The molecule has 2 fully saturated rings. The summed E-state index contributed by atoms with van der Waals surface area (Å²) in [5, 5.41) is 0. The second-order valence-corrected chi connectivity index (χ2v) is 11.2. The minimum Gasteiger partial charge on any atom is -0.495 e. The third kappa shape index (κ3) is 4.61. The van der Waals surface area contributed by atoms with Gasteiger partial charge in [0.05, 0.1) is 25.5 Å². The molecule has 0 aromatic heterocycles. The van der Waals surface area contributed by atoms with E-state index in [1.165, 1.54) is 22.4 Å². The molecule has 2 atom stereocenters. The Bertz CT molecular complexity index is 1140. The Morgan fingerprint density at radius 2 is 1.59 bits per heavy atom. The summed E-state index contributed by atoms with van der Waals surface area (Å²) >= 11 is 0. The Kier molecular flexibility index (Phi) is 7.09. The lowest BCUT2D eigenvalue weighted by molar-refractivity contribution is -0.140. The summed E-state index contributed by atoms with van der Waals surface area (Å²) in [7, 11) is -2.49. The molecule has 1 aliphatic heterocycles. The van der Waals surface area contributed by atoms with E-state index in [1.807, 2.05) is 44.2 Å². The molecule has 2 aromatic carbocycles. The van der Waals surface area contributed by atoms with Crippen LogP contribution in [0.15, 0.2) is 53.4 Å². The summed E-state index contributed by atoms with van der Waals surface area (Å²) in [6, 6.07) is 14.0. The molecule has 182 valence electrons. The maximum Gasteiger partial charge on any atom is 0.247 e. The second kappa shape index (κ2) is 9.88. The molecule has 1 saturated heterocycles. The molecule has 0 N–H and O–H groups in total. The third-order valence-electron chi connectivity index (χ3n) is 6.84. The zero-order valence-corrected chi connectivity index (χ0v) is 20.8. The van der Waals surface area contributed by atoms with Gasteiger partial charge in [-0.25, -0.2) is 8.42 Å². The SMILES string of the molecule is COc1ccc(CN2C(=O)[C@H]3CCCC[C@@H]3C2=O)cc1S(=O)(=O)N(Cc1ccccc1)C(C)C. The van der Waals surface area contributed by atoms with Gasteiger partial charge in [0.15, 0.2) is 0 Å². The Labute approximate surface area is 201 Å². The number of likely N-dealkylation sites (tertiary alicyclic amines) is 1. The van der Waals surface area contributed by atoms with Gasteiger partial charge in [0.1, 0.15) is 10.6 Å². The van der Waals surface area contributed by atoms with Crippen molar-refractivity contribution in [1.29, 1.82) is 0 Å². The van der Waals surface area contributed by atoms with Crippen LogP contribution in [0.5, 0.6) is 5.75 Å². The van der Waals surface area contributed by atoms with Gasteiger partial charge in [-0.05, 0) is 49.9 Å². The number of imide groups is 1. The standard InChI is InChI=1S/C26H32N2O5S/c1-18(2)28(17-19-9-5-4-6-10-19)34(31,32)24-15-20(13-14-23(24)33-3)16-27-25(29)21-11-7-8-12-22(21)26(27)30/h4-6,9-10,13-15,18,21-22H,7-8,11-12,16-17H2,1-3H3/t21-,22-/m0/s1. The average molecular weight is 485 g/mol. The van der Waals surface area contributed by atoms with Crippen LogP contribution in [0.25, 0.3) is 0 Å². The van der Waals surface area contributed by atoms with Gasteiger partial charge in [-0.1, -0.05) is 49.2 Å². The number of fused-ring (bicyclic) bond motifs is 1. The molecule has 1 saturated carbocycles. The van der Waals surface area contributed by atoms with Crippen molar-refractivity contribution in [2.75, 3.05) is 7.11 Å². The minimum absolute atomic E-state index is 0.0358. The van der Waals surface area contributed by atoms with E-state index in [9.17, 15) is 18.0 Å². The van der Waals surface area contributed by atoms with Crippen molar-refractivity contribution in [3.05, 3.63) is 59.7 Å². The minimum atomic E-state index is -3.93. The van der Waals surface area contributed by atoms with Crippen LogP contribution in [0.3, 0.4) is 0 Å². The Hall–Kier alpha value is -2.71. The second-order valence-electron chi connectivity index (χ2n) is 9.37. The average Bonchev–Trinajstić information content (AvgIpc) is 3.08. The van der Waals surface area contributed by atoms with E-state index in [4.69, 9.17) is 4.74 Å². The topological polar surface area (TPSA) is 84.0 Å². The summed E-state index contributed by atoms with van der Waals surface area (Å²) in [6.45, 7) is 3.96. The van der Waals surface area contributed by atoms with Gasteiger partial charge in [0.2, 0.25) is 21.8 Å². The van der Waals surface area contributed by atoms with Gasteiger partial charge in [-0.3, -0.25) is 14.5 Å². The van der Waals surface area contributed by atoms with Crippen LogP contribution in [0.2, 0.25) is 0 Å². The van der Waals surface area contributed by atoms with E-state index < -0.39 is 10.0 Å². The molecule has 8 heteroatoms. The van der Waals surface area contributed by atoms with Crippen LogP contribution in [-0.4, -0.2) is 42.6 Å². The molecule has 34 heavy (non-hydrogen) atoms. The smallest absolute Gasteiger partial charge is 0.247 e. The highest BCUT2D eigenvalue weighted by molar-refractivity contribution is 7.89. The van der Waals surface area contributed by atoms with E-state index >= 15 is 0 Å². The number of methoxy groups -OCH3 is 1. The van der Waals surface area contributed by atoms with Gasteiger partial charge in [-0.15, -0.1) is 0 Å². The van der Waals surface area contributed by atoms with Crippen molar-refractivity contribution >= 4 is 21.8 Å². The summed E-state index contributed by atoms with van der Waals surface area (Å²) in [6.07, 6.45) is 3.42. The van der Waals surface area contributed by atoms with Gasteiger partial charge in [-0.2, -0.15) is 4.31 Å². The summed E-state index contributed by atoms with van der Waals surface area (Å²) in [5.74, 6) is -0.504. The molecule has 2 amide bonds. The predicted molar refractivity (Wildman–Crippen MR) is 128 cm³/mol. The molecular weight excluding hydrogens is 452 g/mol. The van der Waals surface area contributed by atoms with Gasteiger partial charge < -0.3 is 4.74 Å². The Morgan fingerprint density at radius 3 is 2.15 bits per heavy atom. The van der Waals surface area contributed by atoms with Crippen molar-refractivity contribution in [3.8, 4) is 5.75 Å². The number of amides is 2. The molecule has 7 nitrogen and oxygen atoms in total. The first-order chi connectivity index (χ1) is 16.2. The molecule has 0 radical (unpaired) electrons. The number of hydrogen-bond acceptors (Lipinski definition) is 5. The number of rotatable bonds is 8. The highest BCUT2D eigenvalue weighted by atomic mass is 32.2. The lowest BCUT2D eigenvalue weighted by Gasteiger charge is -2.27. The summed E-state index contributed by atoms with van der Waals surface area (Å²) in [4.78, 5) is 27.2. The number of benzene rings is 2. The van der Waals surface area contributed by atoms with E-state index in [0.29, 0.717) is 5.56 Å².